The molecule has 0 radical (unpaired) electrons. The molecule has 21 heavy (non-hydrogen) atoms. The number of rotatable bonds is 6. The van der Waals surface area contributed by atoms with Gasteiger partial charge in [0, 0.05) is 12.6 Å². The molecule has 2 heteroatoms. The van der Waals surface area contributed by atoms with Gasteiger partial charge in [-0.15, -0.1) is 0 Å². The molecule has 1 fully saturated rings. The molecule has 0 aliphatic heterocycles. The fourth-order valence-corrected chi connectivity index (χ4v) is 3.46. The van der Waals surface area contributed by atoms with Crippen LogP contribution in [0, 0.1) is 11.8 Å². The number of hydrogen-bond acceptors (Lipinski definition) is 2. The van der Waals surface area contributed by atoms with Gasteiger partial charge in [-0.3, -0.25) is 0 Å². The van der Waals surface area contributed by atoms with Crippen molar-refractivity contribution in [1.82, 2.24) is 5.32 Å². The van der Waals surface area contributed by atoms with Crippen LogP contribution < -0.4 is 10.1 Å². The summed E-state index contributed by atoms with van der Waals surface area (Å²) < 4.78 is 5.78. The van der Waals surface area contributed by atoms with Crippen molar-refractivity contribution in [2.24, 2.45) is 11.8 Å². The maximum Gasteiger partial charge on any atom is 0.120 e. The Morgan fingerprint density at radius 1 is 1.14 bits per heavy atom. The summed E-state index contributed by atoms with van der Waals surface area (Å²) in [6.07, 6.45) is 5.71. The van der Waals surface area contributed by atoms with Gasteiger partial charge < -0.3 is 10.1 Å². The second kappa shape index (κ2) is 7.84. The molecule has 1 saturated carbocycles. The lowest BCUT2D eigenvalue weighted by Crippen LogP contribution is -2.40. The monoisotopic (exact) mass is 289 g/mol. The highest BCUT2D eigenvalue weighted by atomic mass is 16.5. The van der Waals surface area contributed by atoms with E-state index in [-0.39, 0.29) is 6.10 Å². The van der Waals surface area contributed by atoms with Crippen molar-refractivity contribution in [3.05, 3.63) is 29.8 Å². The zero-order chi connectivity index (χ0) is 15.2. The average molecular weight is 289 g/mol. The van der Waals surface area contributed by atoms with Crippen molar-refractivity contribution in [2.45, 2.75) is 72.1 Å². The molecule has 1 N–H and O–H groups in total. The fourth-order valence-electron chi connectivity index (χ4n) is 3.46. The van der Waals surface area contributed by atoms with Crippen molar-refractivity contribution in [3.8, 4) is 5.75 Å². The van der Waals surface area contributed by atoms with E-state index < -0.39 is 0 Å². The summed E-state index contributed by atoms with van der Waals surface area (Å²) in [6.45, 7) is 9.81. The zero-order valence-electron chi connectivity index (χ0n) is 14.1. The van der Waals surface area contributed by atoms with Gasteiger partial charge in [-0.05, 0) is 56.2 Å². The van der Waals surface area contributed by atoms with Gasteiger partial charge in [0.25, 0.3) is 0 Å². The minimum atomic E-state index is 0.233. The fraction of sp³-hybridized carbons (Fsp3) is 0.684. The standard InChI is InChI=1S/C19H31NO/c1-14(2)18-10-5-6-11-19(18)20-13-16-8-7-9-17(12-16)21-15(3)4/h7-9,12,14-15,18-20H,5-6,10-11,13H2,1-4H3. The van der Waals surface area contributed by atoms with Crippen LogP contribution in [-0.4, -0.2) is 12.1 Å². The van der Waals surface area contributed by atoms with Gasteiger partial charge in [-0.1, -0.05) is 38.8 Å². The highest BCUT2D eigenvalue weighted by Gasteiger charge is 2.26. The van der Waals surface area contributed by atoms with Crippen LogP contribution in [0.5, 0.6) is 5.75 Å². The molecular formula is C19H31NO. The molecule has 0 bridgehead atoms. The SMILES string of the molecule is CC(C)Oc1cccc(CNC2CCCCC2C(C)C)c1. The summed E-state index contributed by atoms with van der Waals surface area (Å²) in [4.78, 5) is 0. The largest absolute Gasteiger partial charge is 0.491 e. The van der Waals surface area contributed by atoms with E-state index in [9.17, 15) is 0 Å². The van der Waals surface area contributed by atoms with Crippen molar-refractivity contribution in [3.63, 3.8) is 0 Å². The van der Waals surface area contributed by atoms with Crippen LogP contribution in [0.1, 0.15) is 58.9 Å². The molecule has 1 aliphatic carbocycles. The van der Waals surface area contributed by atoms with E-state index in [0.717, 1.165) is 24.1 Å². The van der Waals surface area contributed by atoms with Crippen molar-refractivity contribution in [2.75, 3.05) is 0 Å². The highest BCUT2D eigenvalue weighted by Crippen LogP contribution is 2.30. The number of nitrogens with one attached hydrogen (secondary N) is 1. The molecule has 0 aromatic heterocycles. The van der Waals surface area contributed by atoms with E-state index in [2.05, 4.69) is 51.2 Å². The molecule has 0 saturated heterocycles. The number of benzene rings is 1. The second-order valence-electron chi connectivity index (χ2n) is 6.99. The third kappa shape index (κ3) is 5.03. The first kappa shape index (κ1) is 16.4. The van der Waals surface area contributed by atoms with E-state index in [1.807, 2.05) is 6.07 Å². The van der Waals surface area contributed by atoms with E-state index in [4.69, 9.17) is 4.74 Å². The van der Waals surface area contributed by atoms with Gasteiger partial charge in [0.15, 0.2) is 0 Å². The quantitative estimate of drug-likeness (QED) is 0.814. The smallest absolute Gasteiger partial charge is 0.120 e. The van der Waals surface area contributed by atoms with E-state index >= 15 is 0 Å². The van der Waals surface area contributed by atoms with Gasteiger partial charge in [0.1, 0.15) is 5.75 Å². The summed E-state index contributed by atoms with van der Waals surface area (Å²) >= 11 is 0. The van der Waals surface area contributed by atoms with Crippen LogP contribution in [0.4, 0.5) is 0 Å². The summed E-state index contributed by atoms with van der Waals surface area (Å²) in [6, 6.07) is 9.16. The van der Waals surface area contributed by atoms with Crippen LogP contribution in [0.15, 0.2) is 24.3 Å². The Bertz CT molecular complexity index is 427. The maximum atomic E-state index is 5.78. The van der Waals surface area contributed by atoms with Gasteiger partial charge in [0.2, 0.25) is 0 Å². The minimum Gasteiger partial charge on any atom is -0.491 e. The molecule has 2 unspecified atom stereocenters. The van der Waals surface area contributed by atoms with Crippen molar-refractivity contribution >= 4 is 0 Å². The number of ether oxygens (including phenoxy) is 1. The van der Waals surface area contributed by atoms with E-state index in [1.54, 1.807) is 0 Å². The Morgan fingerprint density at radius 2 is 1.90 bits per heavy atom. The summed E-state index contributed by atoms with van der Waals surface area (Å²) in [7, 11) is 0. The molecule has 0 heterocycles. The third-order valence-electron chi connectivity index (χ3n) is 4.51. The lowest BCUT2D eigenvalue weighted by molar-refractivity contribution is 0.204. The average Bonchev–Trinajstić information content (AvgIpc) is 2.45. The molecule has 118 valence electrons. The predicted molar refractivity (Wildman–Crippen MR) is 89.6 cm³/mol. The lowest BCUT2D eigenvalue weighted by atomic mass is 9.78. The van der Waals surface area contributed by atoms with Crippen LogP contribution >= 0.6 is 0 Å². The van der Waals surface area contributed by atoms with Gasteiger partial charge >= 0.3 is 0 Å². The Labute approximate surface area is 130 Å². The van der Waals surface area contributed by atoms with Crippen LogP contribution in [0.2, 0.25) is 0 Å². The Kier molecular flexibility index (Phi) is 6.10. The van der Waals surface area contributed by atoms with Crippen LogP contribution in [0.3, 0.4) is 0 Å². The van der Waals surface area contributed by atoms with Crippen LogP contribution in [0.25, 0.3) is 0 Å². The number of hydrogen-bond donors (Lipinski definition) is 1. The second-order valence-corrected chi connectivity index (χ2v) is 6.99. The first-order valence-corrected chi connectivity index (χ1v) is 8.55. The molecule has 2 rings (SSSR count). The first-order valence-electron chi connectivity index (χ1n) is 8.55. The Balaban J connectivity index is 1.92. The van der Waals surface area contributed by atoms with Gasteiger partial charge in [0.05, 0.1) is 6.10 Å². The molecule has 1 aliphatic rings. The Morgan fingerprint density at radius 3 is 2.62 bits per heavy atom. The normalized spacial score (nSPS) is 22.8. The molecular weight excluding hydrogens is 258 g/mol. The summed E-state index contributed by atoms with van der Waals surface area (Å²) in [5.41, 5.74) is 1.32. The van der Waals surface area contributed by atoms with Gasteiger partial charge in [-0.25, -0.2) is 0 Å². The predicted octanol–water partition coefficient (Wildman–Crippen LogP) is 4.78. The van der Waals surface area contributed by atoms with Gasteiger partial charge in [-0.2, -0.15) is 0 Å². The topological polar surface area (TPSA) is 21.3 Å². The lowest BCUT2D eigenvalue weighted by Gasteiger charge is -2.35. The molecule has 0 spiro atoms. The van der Waals surface area contributed by atoms with Crippen LogP contribution in [-0.2, 0) is 6.54 Å². The zero-order valence-corrected chi connectivity index (χ0v) is 14.1. The maximum absolute atomic E-state index is 5.78. The Hall–Kier alpha value is -1.02. The molecule has 2 atom stereocenters. The molecule has 2 nitrogen and oxygen atoms in total. The molecule has 1 aromatic rings. The highest BCUT2D eigenvalue weighted by molar-refractivity contribution is 5.28. The minimum absolute atomic E-state index is 0.233. The summed E-state index contributed by atoms with van der Waals surface area (Å²) in [5, 5.41) is 3.79. The van der Waals surface area contributed by atoms with Crippen molar-refractivity contribution < 1.29 is 4.74 Å². The third-order valence-corrected chi connectivity index (χ3v) is 4.51. The van der Waals surface area contributed by atoms with Crippen molar-refractivity contribution in [1.29, 1.82) is 0 Å². The molecule has 1 aromatic carbocycles. The summed E-state index contributed by atoms with van der Waals surface area (Å²) in [5.74, 6) is 2.58. The first-order chi connectivity index (χ1) is 10.1. The van der Waals surface area contributed by atoms with E-state index in [0.29, 0.717) is 6.04 Å². The van der Waals surface area contributed by atoms with E-state index in [1.165, 1.54) is 31.2 Å². The molecule has 0 amide bonds.